The molecule has 0 spiro atoms. The summed E-state index contributed by atoms with van der Waals surface area (Å²) < 4.78 is 0.694. The zero-order valence-electron chi connectivity index (χ0n) is 11.3. The van der Waals surface area contributed by atoms with Crippen LogP contribution in [0.5, 0.6) is 0 Å². The van der Waals surface area contributed by atoms with Crippen molar-refractivity contribution in [2.24, 2.45) is 0 Å². The van der Waals surface area contributed by atoms with Crippen LogP contribution in [-0.2, 0) is 6.42 Å². The normalized spacial score (nSPS) is 17.1. The van der Waals surface area contributed by atoms with E-state index in [4.69, 9.17) is 0 Å². The maximum absolute atomic E-state index is 10.8. The number of hydrogen-bond donors (Lipinski definition) is 1. The smallest absolute Gasteiger partial charge is 0.270 e. The van der Waals surface area contributed by atoms with Crippen molar-refractivity contribution in [3.05, 3.63) is 62.4 Å². The van der Waals surface area contributed by atoms with Crippen molar-refractivity contribution in [2.45, 2.75) is 25.3 Å². The fourth-order valence-electron chi connectivity index (χ4n) is 2.67. The predicted octanol–water partition coefficient (Wildman–Crippen LogP) is 4.24. The van der Waals surface area contributed by atoms with Gasteiger partial charge in [0.05, 0.1) is 16.7 Å². The maximum atomic E-state index is 10.8. The number of aryl methyl sites for hydroxylation is 1. The minimum absolute atomic E-state index is 0.0783. The van der Waals surface area contributed by atoms with Crippen molar-refractivity contribution in [3.63, 3.8) is 0 Å². The molecule has 0 amide bonds. The molecule has 1 aromatic heterocycles. The van der Waals surface area contributed by atoms with Crippen molar-refractivity contribution in [1.29, 1.82) is 0 Å². The average Bonchev–Trinajstić information content (AvgIpc) is 2.49. The van der Waals surface area contributed by atoms with Crippen LogP contribution in [0, 0.1) is 10.1 Å². The quantitative estimate of drug-likeness (QED) is 0.665. The molecule has 1 aliphatic rings. The van der Waals surface area contributed by atoms with Gasteiger partial charge in [0.25, 0.3) is 5.69 Å². The SMILES string of the molecule is O=[N+]([O-])c1ccc(NC2CCCc3cccnc32)c(Br)c1. The molecule has 1 aliphatic carbocycles. The van der Waals surface area contributed by atoms with Crippen LogP contribution < -0.4 is 5.32 Å². The Kier molecular flexibility index (Phi) is 3.88. The third-order valence-corrected chi connectivity index (χ3v) is 4.34. The van der Waals surface area contributed by atoms with Gasteiger partial charge in [0.1, 0.15) is 0 Å². The van der Waals surface area contributed by atoms with E-state index in [-0.39, 0.29) is 11.7 Å². The van der Waals surface area contributed by atoms with Crippen LogP contribution in [0.25, 0.3) is 0 Å². The molecule has 0 saturated carbocycles. The van der Waals surface area contributed by atoms with Gasteiger partial charge in [0.2, 0.25) is 0 Å². The summed E-state index contributed by atoms with van der Waals surface area (Å²) in [5, 5.41) is 14.2. The van der Waals surface area contributed by atoms with E-state index in [1.807, 2.05) is 12.3 Å². The molecule has 0 aliphatic heterocycles. The lowest BCUT2D eigenvalue weighted by Gasteiger charge is -2.26. The third kappa shape index (κ3) is 2.90. The highest BCUT2D eigenvalue weighted by atomic mass is 79.9. The highest BCUT2D eigenvalue weighted by molar-refractivity contribution is 9.10. The van der Waals surface area contributed by atoms with Crippen molar-refractivity contribution in [1.82, 2.24) is 4.98 Å². The minimum atomic E-state index is -0.397. The van der Waals surface area contributed by atoms with E-state index in [1.54, 1.807) is 6.07 Å². The van der Waals surface area contributed by atoms with Crippen molar-refractivity contribution in [3.8, 4) is 0 Å². The van der Waals surface area contributed by atoms with E-state index in [1.165, 1.54) is 17.7 Å². The second-order valence-electron chi connectivity index (χ2n) is 5.06. The van der Waals surface area contributed by atoms with Crippen LogP contribution in [0.3, 0.4) is 0 Å². The number of fused-ring (bicyclic) bond motifs is 1. The van der Waals surface area contributed by atoms with E-state index in [0.717, 1.165) is 30.6 Å². The number of nitro benzene ring substituents is 1. The molecule has 21 heavy (non-hydrogen) atoms. The molecule has 1 atom stereocenters. The Morgan fingerprint density at radius 1 is 1.38 bits per heavy atom. The first kappa shape index (κ1) is 14.0. The Bertz CT molecular complexity index is 690. The number of benzene rings is 1. The second kappa shape index (κ2) is 5.81. The lowest BCUT2D eigenvalue weighted by Crippen LogP contribution is -2.19. The lowest BCUT2D eigenvalue weighted by molar-refractivity contribution is -0.384. The zero-order valence-corrected chi connectivity index (χ0v) is 12.8. The number of nitrogens with one attached hydrogen (secondary N) is 1. The first-order valence-corrected chi connectivity index (χ1v) is 7.59. The van der Waals surface area contributed by atoms with Crippen LogP contribution in [-0.4, -0.2) is 9.91 Å². The van der Waals surface area contributed by atoms with Gasteiger partial charge in [-0.1, -0.05) is 6.07 Å². The van der Waals surface area contributed by atoms with Crippen molar-refractivity contribution >= 4 is 27.3 Å². The topological polar surface area (TPSA) is 68.1 Å². The number of hydrogen-bond acceptors (Lipinski definition) is 4. The van der Waals surface area contributed by atoms with E-state index in [9.17, 15) is 10.1 Å². The maximum Gasteiger partial charge on any atom is 0.270 e. The second-order valence-corrected chi connectivity index (χ2v) is 5.91. The first-order chi connectivity index (χ1) is 10.1. The van der Waals surface area contributed by atoms with Crippen molar-refractivity contribution < 1.29 is 4.92 Å². The van der Waals surface area contributed by atoms with Crippen molar-refractivity contribution in [2.75, 3.05) is 5.32 Å². The third-order valence-electron chi connectivity index (χ3n) is 3.69. The first-order valence-electron chi connectivity index (χ1n) is 6.79. The fourth-order valence-corrected chi connectivity index (χ4v) is 3.15. The Morgan fingerprint density at radius 3 is 3.00 bits per heavy atom. The molecule has 3 rings (SSSR count). The molecule has 0 bridgehead atoms. The van der Waals surface area contributed by atoms with Gasteiger partial charge in [-0.2, -0.15) is 0 Å². The highest BCUT2D eigenvalue weighted by Crippen LogP contribution is 2.34. The van der Waals surface area contributed by atoms with E-state index < -0.39 is 4.92 Å². The molecule has 0 saturated heterocycles. The van der Waals surface area contributed by atoms with Gasteiger partial charge < -0.3 is 5.32 Å². The van der Waals surface area contributed by atoms with E-state index >= 15 is 0 Å². The van der Waals surface area contributed by atoms with Gasteiger partial charge in [0.15, 0.2) is 0 Å². The average molecular weight is 348 g/mol. The summed E-state index contributed by atoms with van der Waals surface area (Å²) in [5.74, 6) is 0. The van der Waals surface area contributed by atoms with Crippen LogP contribution in [0.1, 0.15) is 30.1 Å². The van der Waals surface area contributed by atoms with Gasteiger partial charge in [-0.25, -0.2) is 0 Å². The zero-order chi connectivity index (χ0) is 14.8. The highest BCUT2D eigenvalue weighted by Gasteiger charge is 2.22. The summed E-state index contributed by atoms with van der Waals surface area (Å²) in [6, 6.07) is 8.98. The van der Waals surface area contributed by atoms with Crippen LogP contribution in [0.2, 0.25) is 0 Å². The fraction of sp³-hybridized carbons (Fsp3) is 0.267. The number of rotatable bonds is 3. The lowest BCUT2D eigenvalue weighted by atomic mass is 9.92. The monoisotopic (exact) mass is 347 g/mol. The summed E-state index contributed by atoms with van der Waals surface area (Å²) in [6.07, 6.45) is 4.99. The van der Waals surface area contributed by atoms with E-state index in [2.05, 4.69) is 32.3 Å². The van der Waals surface area contributed by atoms with Gasteiger partial charge >= 0.3 is 0 Å². The van der Waals surface area contributed by atoms with Crippen LogP contribution in [0.15, 0.2) is 41.0 Å². The summed E-state index contributed by atoms with van der Waals surface area (Å²) in [5.41, 5.74) is 3.28. The number of pyridine rings is 1. The largest absolute Gasteiger partial charge is 0.376 e. The molecule has 5 nitrogen and oxygen atoms in total. The van der Waals surface area contributed by atoms with Crippen LogP contribution >= 0.6 is 15.9 Å². The van der Waals surface area contributed by atoms with Gasteiger partial charge in [0, 0.05) is 28.5 Å². The number of non-ortho nitro benzene ring substituents is 1. The molecule has 6 heteroatoms. The standard InChI is InChI=1S/C15H14BrN3O2/c16-12-9-11(19(20)21)6-7-13(12)18-14-5-1-3-10-4-2-8-17-15(10)14/h2,4,6-9,14,18H,1,3,5H2. The Labute approximate surface area is 130 Å². The van der Waals surface area contributed by atoms with Crippen LogP contribution in [0.4, 0.5) is 11.4 Å². The molecule has 2 aromatic rings. The van der Waals surface area contributed by atoms with Gasteiger partial charge in [-0.15, -0.1) is 0 Å². The number of halogens is 1. The van der Waals surface area contributed by atoms with Gasteiger partial charge in [-0.05, 0) is 52.9 Å². The molecule has 1 N–H and O–H groups in total. The Balaban J connectivity index is 1.86. The molecule has 1 heterocycles. The predicted molar refractivity (Wildman–Crippen MR) is 84.3 cm³/mol. The molecule has 1 unspecified atom stereocenters. The minimum Gasteiger partial charge on any atom is -0.376 e. The van der Waals surface area contributed by atoms with Gasteiger partial charge in [-0.3, -0.25) is 15.1 Å². The van der Waals surface area contributed by atoms with E-state index in [0.29, 0.717) is 4.47 Å². The number of nitrogens with zero attached hydrogens (tertiary/aromatic N) is 2. The molecule has 108 valence electrons. The number of anilines is 1. The summed E-state index contributed by atoms with van der Waals surface area (Å²) in [4.78, 5) is 14.9. The summed E-state index contributed by atoms with van der Waals surface area (Å²) in [7, 11) is 0. The number of aromatic nitrogens is 1. The molecule has 0 fully saturated rings. The Hall–Kier alpha value is -1.95. The molecular weight excluding hydrogens is 334 g/mol. The molecular formula is C15H14BrN3O2. The number of nitro groups is 1. The summed E-state index contributed by atoms with van der Waals surface area (Å²) in [6.45, 7) is 0. The Morgan fingerprint density at radius 2 is 2.24 bits per heavy atom. The summed E-state index contributed by atoms with van der Waals surface area (Å²) >= 11 is 3.39. The molecule has 0 radical (unpaired) electrons. The molecule has 1 aromatic carbocycles.